The fourth-order valence-corrected chi connectivity index (χ4v) is 1.57. The molecule has 19 heavy (non-hydrogen) atoms. The molecule has 2 rings (SSSR count). The Morgan fingerprint density at radius 1 is 1.16 bits per heavy atom. The van der Waals surface area contributed by atoms with Crippen LogP contribution in [0.5, 0.6) is 0 Å². The van der Waals surface area contributed by atoms with Crippen LogP contribution in [-0.2, 0) is 19.2 Å². The number of hydrogen-bond acceptors (Lipinski definition) is 6. The third kappa shape index (κ3) is 2.67. The summed E-state index contributed by atoms with van der Waals surface area (Å²) in [4.78, 5) is 39.1. The molecule has 1 aromatic rings. The van der Waals surface area contributed by atoms with Gasteiger partial charge >= 0.3 is 5.97 Å². The van der Waals surface area contributed by atoms with Crippen molar-refractivity contribution < 1.29 is 19.2 Å². The molecule has 7 heteroatoms. The second-order valence-electron chi connectivity index (χ2n) is 3.72. The molecule has 1 aliphatic heterocycles. The maximum Gasteiger partial charge on any atom is 0.355 e. The number of carbonyl (C=O) groups excluding carboxylic acids is 3. The van der Waals surface area contributed by atoms with Gasteiger partial charge in [-0.05, 0) is 5.56 Å². The minimum absolute atomic E-state index is 0.385. The van der Waals surface area contributed by atoms with E-state index in [1.165, 1.54) is 0 Å². The molecule has 2 amide bonds. The summed E-state index contributed by atoms with van der Waals surface area (Å²) in [5.74, 6) is 3.03. The van der Waals surface area contributed by atoms with Crippen LogP contribution in [0.1, 0.15) is 11.6 Å². The van der Waals surface area contributed by atoms with E-state index in [0.29, 0.717) is 10.6 Å². The van der Waals surface area contributed by atoms with E-state index in [-0.39, 0.29) is 0 Å². The Bertz CT molecular complexity index is 523. The first-order valence-electron chi connectivity index (χ1n) is 5.42. The van der Waals surface area contributed by atoms with E-state index in [9.17, 15) is 14.4 Å². The fourth-order valence-electron chi connectivity index (χ4n) is 1.57. The molecule has 0 saturated heterocycles. The van der Waals surface area contributed by atoms with Crippen LogP contribution in [0.15, 0.2) is 42.5 Å². The zero-order valence-electron chi connectivity index (χ0n) is 9.78. The van der Waals surface area contributed by atoms with E-state index in [4.69, 9.17) is 10.7 Å². The van der Waals surface area contributed by atoms with Gasteiger partial charge in [0.1, 0.15) is 6.04 Å². The number of benzene rings is 1. The Kier molecular flexibility index (Phi) is 3.69. The summed E-state index contributed by atoms with van der Waals surface area (Å²) in [6, 6.07) is 7.58. The second kappa shape index (κ2) is 5.42. The van der Waals surface area contributed by atoms with Crippen LogP contribution in [-0.4, -0.2) is 22.8 Å². The molecule has 0 saturated carbocycles. The normalized spacial score (nSPS) is 15.7. The molecule has 0 radical (unpaired) electrons. The predicted octanol–water partition coefficient (Wildman–Crippen LogP) is -0.426. The zero-order chi connectivity index (χ0) is 13.8. The highest BCUT2D eigenvalue weighted by Gasteiger charge is 2.31. The monoisotopic (exact) mass is 261 g/mol. The molecule has 1 atom stereocenters. The third-order valence-electron chi connectivity index (χ3n) is 2.49. The molecule has 7 nitrogen and oxygen atoms in total. The number of rotatable bonds is 4. The molecular formula is C12H11N3O4. The lowest BCUT2D eigenvalue weighted by atomic mass is 10.1. The van der Waals surface area contributed by atoms with Crippen LogP contribution in [0.25, 0.3) is 0 Å². The summed E-state index contributed by atoms with van der Waals surface area (Å²) in [6.45, 7) is 0. The Hall–Kier alpha value is -2.51. The van der Waals surface area contributed by atoms with Gasteiger partial charge in [-0.2, -0.15) is 0 Å². The van der Waals surface area contributed by atoms with Crippen LogP contribution in [0.2, 0.25) is 0 Å². The summed E-state index contributed by atoms with van der Waals surface area (Å²) < 4.78 is 0. The number of nitrogens with two attached hydrogens (primary N) is 1. The molecule has 3 N–H and O–H groups in total. The van der Waals surface area contributed by atoms with Crippen molar-refractivity contribution in [3.05, 3.63) is 48.0 Å². The summed E-state index contributed by atoms with van der Waals surface area (Å²) in [5, 5.41) is 0.385. The van der Waals surface area contributed by atoms with Crippen molar-refractivity contribution in [2.75, 3.05) is 0 Å². The highest BCUT2D eigenvalue weighted by molar-refractivity contribution is 6.12. The van der Waals surface area contributed by atoms with Crippen LogP contribution in [0.4, 0.5) is 0 Å². The molecule has 1 heterocycles. The number of hydrazine groups is 1. The first-order valence-corrected chi connectivity index (χ1v) is 5.42. The molecule has 0 fully saturated rings. The van der Waals surface area contributed by atoms with Crippen molar-refractivity contribution in [2.45, 2.75) is 6.04 Å². The van der Waals surface area contributed by atoms with Crippen molar-refractivity contribution >= 4 is 17.8 Å². The molecule has 1 aromatic carbocycles. The van der Waals surface area contributed by atoms with E-state index in [1.807, 2.05) is 0 Å². The van der Waals surface area contributed by atoms with Crippen molar-refractivity contribution in [3.63, 3.8) is 0 Å². The lowest BCUT2D eigenvalue weighted by Gasteiger charge is -2.18. The average molecular weight is 261 g/mol. The Balaban J connectivity index is 2.10. The van der Waals surface area contributed by atoms with Crippen LogP contribution in [0.3, 0.4) is 0 Å². The molecule has 98 valence electrons. The topological polar surface area (TPSA) is 102 Å². The number of hydrogen-bond donors (Lipinski definition) is 2. The average Bonchev–Trinajstić information content (AvgIpc) is 2.73. The van der Waals surface area contributed by atoms with Crippen molar-refractivity contribution in [3.8, 4) is 0 Å². The van der Waals surface area contributed by atoms with Gasteiger partial charge in [0.05, 0.1) is 0 Å². The van der Waals surface area contributed by atoms with Crippen LogP contribution < -0.4 is 11.3 Å². The van der Waals surface area contributed by atoms with Gasteiger partial charge in [0.2, 0.25) is 0 Å². The fraction of sp³-hybridized carbons (Fsp3) is 0.0833. The smallest absolute Gasteiger partial charge is 0.328 e. The molecule has 0 bridgehead atoms. The van der Waals surface area contributed by atoms with Gasteiger partial charge in [-0.15, -0.1) is 0 Å². The second-order valence-corrected chi connectivity index (χ2v) is 3.72. The number of imide groups is 1. The van der Waals surface area contributed by atoms with E-state index < -0.39 is 23.8 Å². The summed E-state index contributed by atoms with van der Waals surface area (Å²) in [7, 11) is 0. The Morgan fingerprint density at radius 3 is 2.26 bits per heavy atom. The molecule has 1 unspecified atom stereocenters. The first kappa shape index (κ1) is 12.9. The number of nitrogens with zero attached hydrogens (tertiary/aromatic N) is 1. The molecule has 0 aliphatic carbocycles. The van der Waals surface area contributed by atoms with Gasteiger partial charge in [-0.1, -0.05) is 35.4 Å². The zero-order valence-corrected chi connectivity index (χ0v) is 9.78. The maximum absolute atomic E-state index is 11.9. The van der Waals surface area contributed by atoms with Crippen molar-refractivity contribution in [1.29, 1.82) is 0 Å². The molecular weight excluding hydrogens is 250 g/mol. The van der Waals surface area contributed by atoms with E-state index in [0.717, 1.165) is 12.2 Å². The van der Waals surface area contributed by atoms with Gasteiger partial charge in [0.15, 0.2) is 0 Å². The highest BCUT2D eigenvalue weighted by Crippen LogP contribution is 2.15. The minimum Gasteiger partial charge on any atom is -0.328 e. The molecule has 1 aliphatic rings. The number of nitrogens with one attached hydrogen (secondary N) is 1. The Labute approximate surface area is 108 Å². The quantitative estimate of drug-likeness (QED) is 0.433. The van der Waals surface area contributed by atoms with Crippen molar-refractivity contribution in [1.82, 2.24) is 10.5 Å². The van der Waals surface area contributed by atoms with Gasteiger partial charge in [-0.3, -0.25) is 15.4 Å². The summed E-state index contributed by atoms with van der Waals surface area (Å²) >= 11 is 0. The van der Waals surface area contributed by atoms with E-state index in [2.05, 4.69) is 5.43 Å². The first-order chi connectivity index (χ1) is 9.13. The number of hydroxylamine groups is 2. The van der Waals surface area contributed by atoms with Gasteiger partial charge in [0.25, 0.3) is 11.8 Å². The summed E-state index contributed by atoms with van der Waals surface area (Å²) in [5.41, 5.74) is 2.83. The van der Waals surface area contributed by atoms with Crippen LogP contribution in [0, 0.1) is 0 Å². The van der Waals surface area contributed by atoms with Gasteiger partial charge < -0.3 is 4.84 Å². The number of amides is 2. The minimum atomic E-state index is -0.970. The number of carbonyl (C=O) groups is 3. The predicted molar refractivity (Wildman–Crippen MR) is 63.6 cm³/mol. The lowest BCUT2D eigenvalue weighted by Crippen LogP contribution is -2.40. The van der Waals surface area contributed by atoms with Gasteiger partial charge in [0, 0.05) is 12.2 Å². The van der Waals surface area contributed by atoms with E-state index >= 15 is 0 Å². The maximum atomic E-state index is 11.9. The van der Waals surface area contributed by atoms with E-state index in [1.54, 1.807) is 30.3 Å². The molecule has 0 spiro atoms. The third-order valence-corrected chi connectivity index (χ3v) is 2.49. The SMILES string of the molecule is NNC(C(=O)ON1C(=O)C=CC1=O)c1ccccc1. The summed E-state index contributed by atoms with van der Waals surface area (Å²) in [6.07, 6.45) is 2.03. The lowest BCUT2D eigenvalue weighted by molar-refractivity contribution is -0.198. The largest absolute Gasteiger partial charge is 0.355 e. The highest BCUT2D eigenvalue weighted by atomic mass is 16.7. The molecule has 0 aromatic heterocycles. The Morgan fingerprint density at radius 2 is 1.74 bits per heavy atom. The van der Waals surface area contributed by atoms with Gasteiger partial charge in [-0.25, -0.2) is 10.2 Å². The van der Waals surface area contributed by atoms with Crippen molar-refractivity contribution in [2.24, 2.45) is 5.84 Å². The standard InChI is InChI=1S/C12H11N3O4/c13-14-11(8-4-2-1-3-5-8)12(18)19-15-9(16)6-7-10(15)17/h1-7,11,14H,13H2. The van der Waals surface area contributed by atoms with Crippen LogP contribution >= 0.6 is 0 Å².